The third kappa shape index (κ3) is 3.35. The summed E-state index contributed by atoms with van der Waals surface area (Å²) in [5.41, 5.74) is 2.06. The molecule has 1 aromatic carbocycles. The summed E-state index contributed by atoms with van der Waals surface area (Å²) in [4.78, 5) is 4.39. The first-order chi connectivity index (χ1) is 10.7. The Morgan fingerprint density at radius 1 is 1.09 bits per heavy atom. The highest BCUT2D eigenvalue weighted by atomic mass is 79.9. The van der Waals surface area contributed by atoms with Crippen molar-refractivity contribution >= 4 is 15.9 Å². The maximum Gasteiger partial charge on any atom is 0.157 e. The Hall–Kier alpha value is -2.18. The van der Waals surface area contributed by atoms with Crippen LogP contribution in [0.1, 0.15) is 11.1 Å². The number of hydrogen-bond donors (Lipinski definition) is 2. The molecule has 5 nitrogen and oxygen atoms in total. The van der Waals surface area contributed by atoms with Crippen molar-refractivity contribution in [3.05, 3.63) is 70.6 Å². The van der Waals surface area contributed by atoms with Gasteiger partial charge < -0.3 is 10.4 Å². The first-order valence-corrected chi connectivity index (χ1v) is 7.65. The lowest BCUT2D eigenvalue weighted by Crippen LogP contribution is -2.15. The largest absolute Gasteiger partial charge is 0.508 e. The predicted octanol–water partition coefficient (Wildman–Crippen LogP) is 3.03. The highest BCUT2D eigenvalue weighted by molar-refractivity contribution is 9.10. The summed E-state index contributed by atoms with van der Waals surface area (Å²) in [6, 6.07) is 11.0. The van der Waals surface area contributed by atoms with Crippen molar-refractivity contribution in [3.63, 3.8) is 0 Å². The van der Waals surface area contributed by atoms with E-state index in [1.807, 2.05) is 30.5 Å². The van der Waals surface area contributed by atoms with Crippen molar-refractivity contribution in [2.24, 2.45) is 0 Å². The minimum Gasteiger partial charge on any atom is -0.508 e. The molecule has 0 bridgehead atoms. The van der Waals surface area contributed by atoms with E-state index in [2.05, 4.69) is 31.3 Å². The quantitative estimate of drug-likeness (QED) is 0.735. The van der Waals surface area contributed by atoms with Gasteiger partial charge in [0, 0.05) is 41.7 Å². The van der Waals surface area contributed by atoms with Crippen LogP contribution in [-0.4, -0.2) is 19.9 Å². The van der Waals surface area contributed by atoms with Crippen molar-refractivity contribution in [2.75, 3.05) is 0 Å². The van der Waals surface area contributed by atoms with Gasteiger partial charge in [-0.2, -0.15) is 5.10 Å². The average Bonchev–Trinajstić information content (AvgIpc) is 3.05. The van der Waals surface area contributed by atoms with Crippen LogP contribution in [0.5, 0.6) is 5.75 Å². The van der Waals surface area contributed by atoms with Crippen molar-refractivity contribution in [1.29, 1.82) is 0 Å². The fourth-order valence-corrected chi connectivity index (χ4v) is 2.58. The molecule has 3 aromatic rings. The summed E-state index contributed by atoms with van der Waals surface area (Å²) in [6.07, 6.45) is 5.36. The van der Waals surface area contributed by atoms with Crippen LogP contribution in [0.4, 0.5) is 0 Å². The lowest BCUT2D eigenvalue weighted by Gasteiger charge is -2.10. The molecule has 0 aliphatic rings. The predicted molar refractivity (Wildman–Crippen MR) is 87.7 cm³/mol. The van der Waals surface area contributed by atoms with Gasteiger partial charge in [-0.05, 0) is 35.9 Å². The molecule has 6 heteroatoms. The van der Waals surface area contributed by atoms with Crippen LogP contribution in [0.3, 0.4) is 0 Å². The maximum absolute atomic E-state index is 9.55. The number of rotatable bonds is 5. The highest BCUT2D eigenvalue weighted by Gasteiger charge is 2.06. The van der Waals surface area contributed by atoms with E-state index >= 15 is 0 Å². The topological polar surface area (TPSA) is 63.0 Å². The maximum atomic E-state index is 9.55. The Morgan fingerprint density at radius 3 is 2.77 bits per heavy atom. The molecule has 2 heterocycles. The number of nitrogens with zero attached hydrogens (tertiary/aromatic N) is 3. The van der Waals surface area contributed by atoms with Crippen LogP contribution < -0.4 is 5.32 Å². The van der Waals surface area contributed by atoms with E-state index in [0.717, 1.165) is 21.4 Å². The zero-order valence-electron chi connectivity index (χ0n) is 11.8. The number of pyridine rings is 1. The van der Waals surface area contributed by atoms with Gasteiger partial charge in [-0.15, -0.1) is 0 Å². The Kier molecular flexibility index (Phi) is 4.50. The fourth-order valence-electron chi connectivity index (χ4n) is 2.20. The summed E-state index contributed by atoms with van der Waals surface area (Å²) in [6.45, 7) is 1.30. The molecule has 2 aromatic heterocycles. The fraction of sp³-hybridized carbons (Fsp3) is 0.125. The lowest BCUT2D eigenvalue weighted by atomic mass is 10.2. The van der Waals surface area contributed by atoms with Crippen LogP contribution in [0.25, 0.3) is 5.82 Å². The van der Waals surface area contributed by atoms with Gasteiger partial charge in [0.15, 0.2) is 5.82 Å². The van der Waals surface area contributed by atoms with E-state index in [9.17, 15) is 5.11 Å². The number of halogens is 1. The Labute approximate surface area is 136 Å². The summed E-state index contributed by atoms with van der Waals surface area (Å²) in [5, 5.41) is 17.1. The standard InChI is InChI=1S/C16H15BrN4O/c17-15-5-4-14(22)9-13(15)11-18-10-12-3-1-6-19-16(12)21-8-2-7-20-21/h1-9,18,22H,10-11H2. The Balaban J connectivity index is 1.71. The van der Waals surface area contributed by atoms with E-state index in [0.29, 0.717) is 13.1 Å². The van der Waals surface area contributed by atoms with E-state index in [4.69, 9.17) is 0 Å². The van der Waals surface area contributed by atoms with E-state index in [1.165, 1.54) is 0 Å². The monoisotopic (exact) mass is 358 g/mol. The molecular formula is C16H15BrN4O. The molecule has 0 saturated carbocycles. The van der Waals surface area contributed by atoms with Crippen LogP contribution in [-0.2, 0) is 13.1 Å². The molecule has 0 saturated heterocycles. The van der Waals surface area contributed by atoms with Crippen LogP contribution in [0, 0.1) is 0 Å². The third-order valence-electron chi connectivity index (χ3n) is 3.25. The minimum atomic E-state index is 0.263. The molecule has 0 spiro atoms. The second-order valence-electron chi connectivity index (χ2n) is 4.82. The van der Waals surface area contributed by atoms with Crippen molar-refractivity contribution < 1.29 is 5.11 Å². The number of hydrogen-bond acceptors (Lipinski definition) is 4. The third-order valence-corrected chi connectivity index (χ3v) is 4.02. The summed E-state index contributed by atoms with van der Waals surface area (Å²) in [7, 11) is 0. The van der Waals surface area contributed by atoms with Crippen LogP contribution in [0.15, 0.2) is 59.5 Å². The van der Waals surface area contributed by atoms with Gasteiger partial charge >= 0.3 is 0 Å². The molecule has 2 N–H and O–H groups in total. The van der Waals surface area contributed by atoms with Crippen molar-refractivity contribution in [2.45, 2.75) is 13.1 Å². The molecular weight excluding hydrogens is 344 g/mol. The molecule has 0 radical (unpaired) electrons. The van der Waals surface area contributed by atoms with Gasteiger partial charge in [-0.3, -0.25) is 0 Å². The van der Waals surface area contributed by atoms with Crippen molar-refractivity contribution in [1.82, 2.24) is 20.1 Å². The zero-order valence-corrected chi connectivity index (χ0v) is 13.4. The van der Waals surface area contributed by atoms with Gasteiger partial charge in [0.25, 0.3) is 0 Å². The summed E-state index contributed by atoms with van der Waals surface area (Å²) in [5.74, 6) is 1.08. The highest BCUT2D eigenvalue weighted by Crippen LogP contribution is 2.21. The van der Waals surface area contributed by atoms with Gasteiger partial charge in [-0.1, -0.05) is 22.0 Å². The Morgan fingerprint density at radius 2 is 1.95 bits per heavy atom. The van der Waals surface area contributed by atoms with E-state index < -0.39 is 0 Å². The van der Waals surface area contributed by atoms with Crippen LogP contribution >= 0.6 is 15.9 Å². The molecule has 0 fully saturated rings. The van der Waals surface area contributed by atoms with Gasteiger partial charge in [0.05, 0.1) is 0 Å². The molecule has 112 valence electrons. The molecule has 0 atom stereocenters. The first-order valence-electron chi connectivity index (χ1n) is 6.86. The minimum absolute atomic E-state index is 0.263. The number of phenols is 1. The Bertz CT molecular complexity index is 759. The molecule has 0 aliphatic carbocycles. The first kappa shape index (κ1) is 14.7. The van der Waals surface area contributed by atoms with Gasteiger partial charge in [0.1, 0.15) is 5.75 Å². The van der Waals surface area contributed by atoms with E-state index in [1.54, 1.807) is 29.2 Å². The number of aromatic nitrogens is 3. The number of nitrogens with one attached hydrogen (secondary N) is 1. The normalized spacial score (nSPS) is 10.8. The second kappa shape index (κ2) is 6.72. The lowest BCUT2D eigenvalue weighted by molar-refractivity contribution is 0.474. The molecule has 0 unspecified atom stereocenters. The number of benzene rings is 1. The van der Waals surface area contributed by atoms with Gasteiger partial charge in [0.2, 0.25) is 0 Å². The average molecular weight is 359 g/mol. The molecule has 22 heavy (non-hydrogen) atoms. The molecule has 0 aliphatic heterocycles. The zero-order chi connectivity index (χ0) is 15.4. The SMILES string of the molecule is Oc1ccc(Br)c(CNCc2cccnc2-n2cccn2)c1. The number of aromatic hydroxyl groups is 1. The number of phenolic OH excluding ortho intramolecular Hbond substituents is 1. The smallest absolute Gasteiger partial charge is 0.157 e. The second-order valence-corrected chi connectivity index (χ2v) is 5.67. The van der Waals surface area contributed by atoms with Crippen LogP contribution in [0.2, 0.25) is 0 Å². The molecule has 0 amide bonds. The van der Waals surface area contributed by atoms with E-state index in [-0.39, 0.29) is 5.75 Å². The van der Waals surface area contributed by atoms with Gasteiger partial charge in [-0.25, -0.2) is 9.67 Å². The van der Waals surface area contributed by atoms with Crippen molar-refractivity contribution in [3.8, 4) is 11.6 Å². The summed E-state index contributed by atoms with van der Waals surface area (Å²) < 4.78 is 2.72. The molecule has 3 rings (SSSR count). The summed E-state index contributed by atoms with van der Waals surface area (Å²) >= 11 is 3.49.